The zero-order valence-corrected chi connectivity index (χ0v) is 19.2. The number of aliphatic hydroxyl groups is 1. The van der Waals surface area contributed by atoms with Crippen molar-refractivity contribution in [1.82, 2.24) is 5.32 Å². The first-order valence-corrected chi connectivity index (χ1v) is 11.3. The molecular formula is C25H41NO3. The van der Waals surface area contributed by atoms with Crippen molar-refractivity contribution in [2.45, 2.75) is 98.0 Å². The lowest BCUT2D eigenvalue weighted by molar-refractivity contribution is -0.163. The predicted molar refractivity (Wildman–Crippen MR) is 119 cm³/mol. The van der Waals surface area contributed by atoms with Crippen LogP contribution in [-0.2, 0) is 9.53 Å². The molecule has 1 amide bonds. The summed E-state index contributed by atoms with van der Waals surface area (Å²) in [6.45, 7) is 12.5. The van der Waals surface area contributed by atoms with Gasteiger partial charge in [-0.3, -0.25) is 4.79 Å². The van der Waals surface area contributed by atoms with E-state index in [0.29, 0.717) is 6.42 Å². The van der Waals surface area contributed by atoms with Gasteiger partial charge in [0.2, 0.25) is 5.91 Å². The number of allylic oxidation sites excluding steroid dienone is 4. The zero-order valence-electron chi connectivity index (χ0n) is 19.2. The Morgan fingerprint density at radius 1 is 1.45 bits per heavy atom. The van der Waals surface area contributed by atoms with E-state index in [-0.39, 0.29) is 29.8 Å². The molecule has 164 valence electrons. The SMILES string of the molecule is CC[C@H]1CC[C@@]2(NC1=O)O[C@@H](C[C@H](O)[C@@H](C)CC/C=C/C=C(C)C)[C@H](C)C=C2C. The van der Waals surface area contributed by atoms with Crippen LogP contribution in [0.15, 0.2) is 35.5 Å². The summed E-state index contributed by atoms with van der Waals surface area (Å²) in [7, 11) is 0. The average molecular weight is 404 g/mol. The largest absolute Gasteiger partial charge is 0.393 e. The molecule has 0 bridgehead atoms. The lowest BCUT2D eigenvalue weighted by Crippen LogP contribution is -2.60. The molecule has 2 rings (SSSR count). The van der Waals surface area contributed by atoms with Gasteiger partial charge in [0.15, 0.2) is 5.72 Å². The quantitative estimate of drug-likeness (QED) is 0.428. The van der Waals surface area contributed by atoms with Crippen LogP contribution in [0.4, 0.5) is 0 Å². The van der Waals surface area contributed by atoms with Gasteiger partial charge in [-0.25, -0.2) is 0 Å². The topological polar surface area (TPSA) is 58.6 Å². The minimum absolute atomic E-state index is 0.0832. The van der Waals surface area contributed by atoms with Crippen molar-refractivity contribution in [3.05, 3.63) is 35.5 Å². The molecule has 1 spiro atoms. The molecule has 0 aromatic heterocycles. The highest BCUT2D eigenvalue weighted by atomic mass is 16.5. The minimum atomic E-state index is -0.685. The van der Waals surface area contributed by atoms with Crippen molar-refractivity contribution in [2.75, 3.05) is 0 Å². The predicted octanol–water partition coefficient (Wildman–Crippen LogP) is 5.29. The van der Waals surface area contributed by atoms with Crippen molar-refractivity contribution in [3.8, 4) is 0 Å². The molecule has 4 nitrogen and oxygen atoms in total. The van der Waals surface area contributed by atoms with Crippen LogP contribution in [0.1, 0.15) is 80.1 Å². The first kappa shape index (κ1) is 23.9. The van der Waals surface area contributed by atoms with Crippen LogP contribution in [0.25, 0.3) is 0 Å². The van der Waals surface area contributed by atoms with E-state index >= 15 is 0 Å². The number of carbonyl (C=O) groups excluding carboxylic acids is 1. The average Bonchev–Trinajstić information content (AvgIpc) is 2.65. The lowest BCUT2D eigenvalue weighted by atomic mass is 9.81. The summed E-state index contributed by atoms with van der Waals surface area (Å²) in [6.07, 6.45) is 13.1. The van der Waals surface area contributed by atoms with E-state index in [9.17, 15) is 9.90 Å². The van der Waals surface area contributed by atoms with Crippen molar-refractivity contribution in [3.63, 3.8) is 0 Å². The van der Waals surface area contributed by atoms with E-state index in [1.807, 2.05) is 0 Å². The Bertz CT molecular complexity index is 646. The van der Waals surface area contributed by atoms with Gasteiger partial charge in [0.25, 0.3) is 0 Å². The van der Waals surface area contributed by atoms with Gasteiger partial charge < -0.3 is 15.2 Å². The molecule has 1 fully saturated rings. The Kier molecular flexibility index (Phi) is 8.72. The molecular weight excluding hydrogens is 362 g/mol. The number of ether oxygens (including phenoxy) is 1. The van der Waals surface area contributed by atoms with Gasteiger partial charge in [0.1, 0.15) is 0 Å². The molecule has 0 aliphatic carbocycles. The molecule has 2 aliphatic rings. The molecule has 6 atom stereocenters. The van der Waals surface area contributed by atoms with Gasteiger partial charge in [0, 0.05) is 24.7 Å². The van der Waals surface area contributed by atoms with Crippen LogP contribution >= 0.6 is 0 Å². The molecule has 0 aromatic carbocycles. The molecule has 1 saturated heterocycles. The van der Waals surface area contributed by atoms with E-state index in [1.54, 1.807) is 0 Å². The number of piperidine rings is 1. The molecule has 0 aromatic rings. The Labute approximate surface area is 177 Å². The summed E-state index contributed by atoms with van der Waals surface area (Å²) in [6, 6.07) is 0. The summed E-state index contributed by atoms with van der Waals surface area (Å²) in [5.74, 6) is 0.605. The number of hydrogen-bond donors (Lipinski definition) is 2. The number of rotatable bonds is 8. The van der Waals surface area contributed by atoms with Gasteiger partial charge in [-0.05, 0) is 57.9 Å². The fraction of sp³-hybridized carbons (Fsp3) is 0.720. The second-order valence-corrected chi connectivity index (χ2v) is 9.36. The standard InChI is InChI=1S/C25H41NO3/c1-7-21-13-14-25(26-24(21)28)20(6)15-19(5)23(29-25)16-22(27)18(4)12-10-8-9-11-17(2)3/h8-9,11,15,18-19,21-23,27H,7,10,12-14,16H2,1-6H3,(H,26,28)/b9-8+/t18-,19+,21-,22-,23-,25+/m0/s1. The number of aliphatic hydroxyl groups excluding tert-OH is 1. The van der Waals surface area contributed by atoms with Crippen LogP contribution in [0.5, 0.6) is 0 Å². The van der Waals surface area contributed by atoms with E-state index < -0.39 is 11.8 Å². The van der Waals surface area contributed by atoms with Crippen LogP contribution in [0, 0.1) is 17.8 Å². The first-order chi connectivity index (χ1) is 13.7. The third kappa shape index (κ3) is 6.29. The van der Waals surface area contributed by atoms with E-state index in [4.69, 9.17) is 4.74 Å². The van der Waals surface area contributed by atoms with Crippen molar-refractivity contribution >= 4 is 5.91 Å². The molecule has 0 unspecified atom stereocenters. The number of hydrogen-bond acceptors (Lipinski definition) is 3. The van der Waals surface area contributed by atoms with Crippen molar-refractivity contribution < 1.29 is 14.6 Å². The Hall–Kier alpha value is -1.39. The highest BCUT2D eigenvalue weighted by Crippen LogP contribution is 2.39. The second kappa shape index (κ2) is 10.6. The smallest absolute Gasteiger partial charge is 0.225 e. The zero-order chi connectivity index (χ0) is 21.6. The van der Waals surface area contributed by atoms with Gasteiger partial charge in [-0.2, -0.15) is 0 Å². The normalized spacial score (nSPS) is 32.0. The van der Waals surface area contributed by atoms with E-state index in [2.05, 4.69) is 71.2 Å². The van der Waals surface area contributed by atoms with Crippen LogP contribution < -0.4 is 5.32 Å². The molecule has 0 saturated carbocycles. The van der Waals surface area contributed by atoms with Gasteiger partial charge in [-0.1, -0.05) is 50.6 Å². The van der Waals surface area contributed by atoms with E-state index in [1.165, 1.54) is 5.57 Å². The number of nitrogens with one attached hydrogen (secondary N) is 1. The Balaban J connectivity index is 1.95. The third-order valence-electron chi connectivity index (χ3n) is 6.61. The molecule has 29 heavy (non-hydrogen) atoms. The van der Waals surface area contributed by atoms with Gasteiger partial charge >= 0.3 is 0 Å². The van der Waals surface area contributed by atoms with Crippen LogP contribution in [0.2, 0.25) is 0 Å². The maximum atomic E-state index is 12.5. The fourth-order valence-electron chi connectivity index (χ4n) is 4.38. The maximum absolute atomic E-state index is 12.5. The number of carbonyl (C=O) groups is 1. The summed E-state index contributed by atoms with van der Waals surface area (Å²) in [5.41, 5.74) is 1.70. The van der Waals surface area contributed by atoms with Crippen molar-refractivity contribution in [2.24, 2.45) is 17.8 Å². The maximum Gasteiger partial charge on any atom is 0.225 e. The fourth-order valence-corrected chi connectivity index (χ4v) is 4.38. The van der Waals surface area contributed by atoms with Crippen LogP contribution in [0.3, 0.4) is 0 Å². The number of amides is 1. The van der Waals surface area contributed by atoms with Gasteiger partial charge in [0.05, 0.1) is 12.2 Å². The lowest BCUT2D eigenvalue weighted by Gasteiger charge is -2.47. The van der Waals surface area contributed by atoms with Crippen molar-refractivity contribution in [1.29, 1.82) is 0 Å². The molecule has 2 heterocycles. The summed E-state index contributed by atoms with van der Waals surface area (Å²) in [4.78, 5) is 12.5. The first-order valence-electron chi connectivity index (χ1n) is 11.3. The molecule has 0 radical (unpaired) electrons. The highest BCUT2D eigenvalue weighted by molar-refractivity contribution is 5.80. The summed E-state index contributed by atoms with van der Waals surface area (Å²) >= 11 is 0. The Morgan fingerprint density at radius 2 is 2.17 bits per heavy atom. The Morgan fingerprint density at radius 3 is 2.79 bits per heavy atom. The van der Waals surface area contributed by atoms with Crippen LogP contribution in [-0.4, -0.2) is 28.9 Å². The second-order valence-electron chi connectivity index (χ2n) is 9.36. The third-order valence-corrected chi connectivity index (χ3v) is 6.61. The minimum Gasteiger partial charge on any atom is -0.393 e. The highest BCUT2D eigenvalue weighted by Gasteiger charge is 2.46. The van der Waals surface area contributed by atoms with E-state index in [0.717, 1.165) is 37.7 Å². The molecule has 2 N–H and O–H groups in total. The monoisotopic (exact) mass is 403 g/mol. The van der Waals surface area contributed by atoms with Gasteiger partial charge in [-0.15, -0.1) is 0 Å². The summed E-state index contributed by atoms with van der Waals surface area (Å²) < 4.78 is 6.51. The molecule has 2 aliphatic heterocycles. The summed E-state index contributed by atoms with van der Waals surface area (Å²) in [5, 5.41) is 14.0. The molecule has 4 heteroatoms.